The first-order chi connectivity index (χ1) is 10.1. The maximum absolute atomic E-state index is 12.0. The van der Waals surface area contributed by atoms with Gasteiger partial charge in [-0.3, -0.25) is 14.3 Å². The highest BCUT2D eigenvalue weighted by Gasteiger charge is 2.13. The van der Waals surface area contributed by atoms with Crippen molar-refractivity contribution < 1.29 is 4.42 Å². The van der Waals surface area contributed by atoms with Crippen molar-refractivity contribution in [3.63, 3.8) is 0 Å². The number of H-pyrrole nitrogens is 1. The highest BCUT2D eigenvalue weighted by molar-refractivity contribution is 5.78. The highest BCUT2D eigenvalue weighted by atomic mass is 16.3. The normalized spacial score (nSPS) is 10.6. The van der Waals surface area contributed by atoms with E-state index in [4.69, 9.17) is 15.4 Å². The summed E-state index contributed by atoms with van der Waals surface area (Å²) in [4.78, 5) is 30.0. The second-order valence-electron chi connectivity index (χ2n) is 4.33. The summed E-state index contributed by atoms with van der Waals surface area (Å²) in [7, 11) is 0. The molecule has 0 spiro atoms. The van der Waals surface area contributed by atoms with E-state index in [9.17, 15) is 9.59 Å². The topological polar surface area (TPSA) is 131 Å². The van der Waals surface area contributed by atoms with Crippen LogP contribution in [-0.4, -0.2) is 14.5 Å². The Morgan fingerprint density at radius 2 is 2.29 bits per heavy atom. The van der Waals surface area contributed by atoms with Crippen molar-refractivity contribution in [3.05, 3.63) is 56.6 Å². The summed E-state index contributed by atoms with van der Waals surface area (Å²) in [5.74, 6) is 0.485. The van der Waals surface area contributed by atoms with Gasteiger partial charge in [-0.1, -0.05) is 0 Å². The number of nitrogens with one attached hydrogen (secondary N) is 1. The average molecular weight is 283 g/mol. The summed E-state index contributed by atoms with van der Waals surface area (Å²) in [5, 5.41) is 9.05. The van der Waals surface area contributed by atoms with Crippen LogP contribution in [0.4, 0.5) is 5.82 Å². The van der Waals surface area contributed by atoms with Crippen molar-refractivity contribution in [1.29, 1.82) is 5.26 Å². The zero-order chi connectivity index (χ0) is 15.0. The molecule has 3 heterocycles. The van der Waals surface area contributed by atoms with Crippen molar-refractivity contribution in [2.45, 2.75) is 6.54 Å². The van der Waals surface area contributed by atoms with Gasteiger partial charge in [0, 0.05) is 0 Å². The summed E-state index contributed by atoms with van der Waals surface area (Å²) in [6.07, 6.45) is 1.48. The fraction of sp³-hybridized carbons (Fsp3) is 0.0769. The number of aromatic nitrogens is 3. The van der Waals surface area contributed by atoms with Gasteiger partial charge in [-0.2, -0.15) is 5.26 Å². The van der Waals surface area contributed by atoms with Crippen LogP contribution in [0.15, 0.2) is 38.5 Å². The smallest absolute Gasteiger partial charge is 0.330 e. The molecule has 21 heavy (non-hydrogen) atoms. The lowest BCUT2D eigenvalue weighted by molar-refractivity contribution is 0.490. The molecule has 3 aromatic rings. The third-order valence-electron chi connectivity index (χ3n) is 3.01. The summed E-state index contributed by atoms with van der Waals surface area (Å²) in [5.41, 5.74) is 4.60. The Kier molecular flexibility index (Phi) is 2.80. The maximum Gasteiger partial charge on any atom is 0.330 e. The van der Waals surface area contributed by atoms with Gasteiger partial charge in [-0.25, -0.2) is 9.78 Å². The number of nitriles is 1. The molecule has 0 aromatic carbocycles. The Labute approximate surface area is 117 Å². The third-order valence-corrected chi connectivity index (χ3v) is 3.01. The van der Waals surface area contributed by atoms with Crippen molar-refractivity contribution >= 4 is 16.9 Å². The molecule has 0 amide bonds. The molecule has 0 radical (unpaired) electrons. The standard InChI is InChI=1S/C13H9N5O3/c14-5-7-4-9-11(16-10(7)15)18(13(20)17-12(9)19)6-8-2-1-3-21-8/h1-4H,6H2,(H2,15,16)(H,17,19,20). The van der Waals surface area contributed by atoms with Gasteiger partial charge in [-0.15, -0.1) is 0 Å². The van der Waals surface area contributed by atoms with Crippen LogP contribution in [0.25, 0.3) is 11.0 Å². The Balaban J connectivity index is 2.34. The lowest BCUT2D eigenvalue weighted by atomic mass is 10.2. The Bertz CT molecular complexity index is 976. The van der Waals surface area contributed by atoms with E-state index in [0.717, 1.165) is 0 Å². The Morgan fingerprint density at radius 1 is 1.48 bits per heavy atom. The number of nitrogen functional groups attached to an aromatic ring is 1. The number of aromatic amines is 1. The number of anilines is 1. The van der Waals surface area contributed by atoms with Gasteiger partial charge >= 0.3 is 5.69 Å². The molecule has 0 saturated carbocycles. The molecular formula is C13H9N5O3. The van der Waals surface area contributed by atoms with Gasteiger partial charge in [-0.05, 0) is 18.2 Å². The minimum Gasteiger partial charge on any atom is -0.467 e. The molecule has 8 nitrogen and oxygen atoms in total. The van der Waals surface area contributed by atoms with E-state index in [1.807, 2.05) is 6.07 Å². The molecule has 0 unspecified atom stereocenters. The monoisotopic (exact) mass is 283 g/mol. The number of furan rings is 1. The van der Waals surface area contributed by atoms with E-state index in [-0.39, 0.29) is 29.0 Å². The van der Waals surface area contributed by atoms with E-state index >= 15 is 0 Å². The van der Waals surface area contributed by atoms with Gasteiger partial charge < -0.3 is 10.2 Å². The van der Waals surface area contributed by atoms with Gasteiger partial charge in [0.1, 0.15) is 17.6 Å². The molecule has 3 rings (SSSR count). The number of hydrogen-bond donors (Lipinski definition) is 2. The fourth-order valence-electron chi connectivity index (χ4n) is 2.01. The lowest BCUT2D eigenvalue weighted by Crippen LogP contribution is -2.31. The predicted molar refractivity (Wildman–Crippen MR) is 73.6 cm³/mol. The number of rotatable bonds is 2. The van der Waals surface area contributed by atoms with Gasteiger partial charge in [0.25, 0.3) is 5.56 Å². The first kappa shape index (κ1) is 12.7. The fourth-order valence-corrected chi connectivity index (χ4v) is 2.01. The summed E-state index contributed by atoms with van der Waals surface area (Å²) in [6.45, 7) is 0.0947. The number of nitrogens with two attached hydrogens (primary N) is 1. The lowest BCUT2D eigenvalue weighted by Gasteiger charge is -2.08. The molecule has 0 fully saturated rings. The van der Waals surface area contributed by atoms with Crippen LogP contribution < -0.4 is 17.0 Å². The van der Waals surface area contributed by atoms with E-state index in [1.54, 1.807) is 12.1 Å². The van der Waals surface area contributed by atoms with E-state index in [1.165, 1.54) is 16.9 Å². The molecule has 0 aliphatic heterocycles. The maximum atomic E-state index is 12.0. The molecule has 3 aromatic heterocycles. The van der Waals surface area contributed by atoms with Crippen molar-refractivity contribution in [2.75, 3.05) is 5.73 Å². The van der Waals surface area contributed by atoms with E-state index in [0.29, 0.717) is 5.76 Å². The minimum atomic E-state index is -0.625. The molecule has 0 aliphatic carbocycles. The number of nitrogens with zero attached hydrogens (tertiary/aromatic N) is 3. The van der Waals surface area contributed by atoms with Crippen LogP contribution in [-0.2, 0) is 6.54 Å². The summed E-state index contributed by atoms with van der Waals surface area (Å²) < 4.78 is 6.41. The summed E-state index contributed by atoms with van der Waals surface area (Å²) in [6, 6.07) is 6.54. The zero-order valence-corrected chi connectivity index (χ0v) is 10.7. The van der Waals surface area contributed by atoms with Crippen LogP contribution in [0, 0.1) is 11.3 Å². The van der Waals surface area contributed by atoms with Crippen LogP contribution in [0.5, 0.6) is 0 Å². The van der Waals surface area contributed by atoms with Crippen molar-refractivity contribution in [2.24, 2.45) is 0 Å². The predicted octanol–water partition coefficient (Wildman–Crippen LogP) is 0.180. The average Bonchev–Trinajstić information content (AvgIpc) is 2.96. The Hall–Kier alpha value is -3.34. The zero-order valence-electron chi connectivity index (χ0n) is 10.7. The number of hydrogen-bond acceptors (Lipinski definition) is 6. The first-order valence-electron chi connectivity index (χ1n) is 5.96. The first-order valence-corrected chi connectivity index (χ1v) is 5.96. The largest absolute Gasteiger partial charge is 0.467 e. The van der Waals surface area contributed by atoms with Gasteiger partial charge in [0.05, 0.1) is 23.8 Å². The number of fused-ring (bicyclic) bond motifs is 1. The van der Waals surface area contributed by atoms with Gasteiger partial charge in [0.2, 0.25) is 0 Å². The molecule has 8 heteroatoms. The highest BCUT2D eigenvalue weighted by Crippen LogP contribution is 2.14. The van der Waals surface area contributed by atoms with Gasteiger partial charge in [0.15, 0.2) is 5.65 Å². The molecule has 0 bridgehead atoms. The molecular weight excluding hydrogens is 274 g/mol. The third kappa shape index (κ3) is 2.06. The molecule has 104 valence electrons. The van der Waals surface area contributed by atoms with Crippen molar-refractivity contribution in [1.82, 2.24) is 14.5 Å². The van der Waals surface area contributed by atoms with Crippen LogP contribution in [0.3, 0.4) is 0 Å². The SMILES string of the molecule is N#Cc1cc2c(=O)[nH]c(=O)n(Cc3ccco3)c2nc1N. The van der Waals surface area contributed by atoms with E-state index < -0.39 is 11.2 Å². The molecule has 0 atom stereocenters. The quantitative estimate of drug-likeness (QED) is 0.689. The second kappa shape index (κ2) is 4.64. The van der Waals surface area contributed by atoms with E-state index in [2.05, 4.69) is 9.97 Å². The molecule has 0 saturated heterocycles. The van der Waals surface area contributed by atoms with Crippen LogP contribution in [0.2, 0.25) is 0 Å². The molecule has 0 aliphatic rings. The van der Waals surface area contributed by atoms with Crippen LogP contribution >= 0.6 is 0 Å². The molecule has 3 N–H and O–H groups in total. The summed E-state index contributed by atoms with van der Waals surface area (Å²) >= 11 is 0. The van der Waals surface area contributed by atoms with Crippen LogP contribution in [0.1, 0.15) is 11.3 Å². The second-order valence-corrected chi connectivity index (χ2v) is 4.33. The van der Waals surface area contributed by atoms with Crippen molar-refractivity contribution in [3.8, 4) is 6.07 Å². The minimum absolute atomic E-state index is 0.0387. The Morgan fingerprint density at radius 3 is 2.95 bits per heavy atom. The number of pyridine rings is 1.